The molecule has 2 aromatic rings. The first kappa shape index (κ1) is 24.5. The lowest BCUT2D eigenvalue weighted by Crippen LogP contribution is -2.27. The summed E-state index contributed by atoms with van der Waals surface area (Å²) >= 11 is 0. The Hall–Kier alpha value is -3.10. The van der Waals surface area contributed by atoms with Gasteiger partial charge in [0.1, 0.15) is 24.0 Å². The quantitative estimate of drug-likeness (QED) is 0.440. The maximum atomic E-state index is 14.7. The van der Waals surface area contributed by atoms with Crippen LogP contribution in [0, 0.1) is 5.82 Å². The number of hydrogen-bond donors (Lipinski definition) is 0. The summed E-state index contributed by atoms with van der Waals surface area (Å²) in [5.74, 6) is -3.88. The van der Waals surface area contributed by atoms with Gasteiger partial charge in [0.05, 0.1) is 6.54 Å². The van der Waals surface area contributed by atoms with E-state index in [1.165, 1.54) is 0 Å². The van der Waals surface area contributed by atoms with Crippen LogP contribution in [0.3, 0.4) is 0 Å². The highest BCUT2D eigenvalue weighted by Crippen LogP contribution is 2.29. The van der Waals surface area contributed by atoms with Crippen molar-refractivity contribution in [3.8, 4) is 11.6 Å². The van der Waals surface area contributed by atoms with E-state index in [1.807, 2.05) is 31.2 Å². The number of aromatic nitrogens is 2. The minimum Gasteiger partial charge on any atom is -0.489 e. The Balaban J connectivity index is 1.58. The highest BCUT2D eigenvalue weighted by atomic mass is 19.3. The van der Waals surface area contributed by atoms with E-state index < -0.39 is 24.2 Å². The molecule has 9 heteroatoms. The van der Waals surface area contributed by atoms with Crippen molar-refractivity contribution in [2.45, 2.75) is 51.1 Å². The molecule has 0 amide bonds. The molecule has 0 radical (unpaired) electrons. The molecule has 6 nitrogen and oxygen atoms in total. The molecule has 0 aliphatic carbocycles. The molecule has 1 unspecified atom stereocenters. The second-order valence-corrected chi connectivity index (χ2v) is 8.23. The number of benzene rings is 1. The standard InChI is InChI=1S/C24H28F3N3O3/c1-4-5-6-20(31)16(2)17-7-9-18(10-8-17)33-19-11-12-30(13-19)22-21(25)23(29-15-28-22)32-14-24(3,26)27/h4,7-10,15-16,19H,1,5-6,11-14H2,2-3H3/t16?,19-/m1/s1. The minimum absolute atomic E-state index is 0.00673. The number of ether oxygens (including phenoxy) is 2. The summed E-state index contributed by atoms with van der Waals surface area (Å²) < 4.78 is 51.6. The van der Waals surface area contributed by atoms with E-state index in [0.29, 0.717) is 45.0 Å². The predicted octanol–water partition coefficient (Wildman–Crippen LogP) is 4.95. The number of rotatable bonds is 11. The molecule has 0 saturated carbocycles. The monoisotopic (exact) mass is 463 g/mol. The van der Waals surface area contributed by atoms with Crippen molar-refractivity contribution in [3.05, 3.63) is 54.6 Å². The molecule has 1 fully saturated rings. The Morgan fingerprint density at radius 1 is 1.33 bits per heavy atom. The Morgan fingerprint density at radius 2 is 2.06 bits per heavy atom. The van der Waals surface area contributed by atoms with Crippen molar-refractivity contribution in [3.63, 3.8) is 0 Å². The molecule has 1 aliphatic rings. The third kappa shape index (κ3) is 6.69. The zero-order chi connectivity index (χ0) is 24.0. The van der Waals surface area contributed by atoms with Crippen LogP contribution in [-0.2, 0) is 4.79 Å². The Kier molecular flexibility index (Phi) is 7.94. The first-order valence-electron chi connectivity index (χ1n) is 10.8. The lowest BCUT2D eigenvalue weighted by molar-refractivity contribution is -0.120. The fourth-order valence-corrected chi connectivity index (χ4v) is 3.55. The molecule has 0 bridgehead atoms. The number of anilines is 1. The van der Waals surface area contributed by atoms with Gasteiger partial charge < -0.3 is 14.4 Å². The van der Waals surface area contributed by atoms with Crippen LogP contribution in [-0.4, -0.2) is 47.5 Å². The van der Waals surface area contributed by atoms with E-state index in [1.54, 1.807) is 11.0 Å². The van der Waals surface area contributed by atoms with E-state index in [2.05, 4.69) is 16.5 Å². The molecular weight excluding hydrogens is 435 g/mol. The number of Topliss-reactive ketones (excluding diaryl/α,β-unsaturated/α-hetero) is 1. The van der Waals surface area contributed by atoms with Crippen LogP contribution in [0.1, 0.15) is 44.6 Å². The van der Waals surface area contributed by atoms with E-state index in [0.717, 1.165) is 11.9 Å². The zero-order valence-electron chi connectivity index (χ0n) is 18.8. The first-order valence-corrected chi connectivity index (χ1v) is 10.8. The van der Waals surface area contributed by atoms with Crippen LogP contribution in [0.2, 0.25) is 0 Å². The molecule has 1 aliphatic heterocycles. The van der Waals surface area contributed by atoms with Crippen LogP contribution in [0.5, 0.6) is 11.6 Å². The van der Waals surface area contributed by atoms with Crippen molar-refractivity contribution < 1.29 is 27.4 Å². The van der Waals surface area contributed by atoms with Crippen molar-refractivity contribution in [2.75, 3.05) is 24.6 Å². The van der Waals surface area contributed by atoms with Gasteiger partial charge in [0.15, 0.2) is 12.4 Å². The fourth-order valence-electron chi connectivity index (χ4n) is 3.55. The summed E-state index contributed by atoms with van der Waals surface area (Å²) in [6.45, 7) is 6.09. The predicted molar refractivity (Wildman–Crippen MR) is 119 cm³/mol. The SMILES string of the molecule is C=CCCC(=O)C(C)c1ccc(O[C@@H]2CCN(c3ncnc(OCC(C)(F)F)c3F)C2)cc1. The number of ketones is 1. The molecule has 1 aromatic heterocycles. The molecule has 1 saturated heterocycles. The Bertz CT molecular complexity index is 964. The summed E-state index contributed by atoms with van der Waals surface area (Å²) in [6.07, 6.45) is 4.37. The zero-order valence-corrected chi connectivity index (χ0v) is 18.8. The molecule has 0 spiro atoms. The van der Waals surface area contributed by atoms with Gasteiger partial charge >= 0.3 is 0 Å². The molecule has 3 rings (SSSR count). The third-order valence-corrected chi connectivity index (χ3v) is 5.41. The smallest absolute Gasteiger partial charge is 0.278 e. The van der Waals surface area contributed by atoms with Crippen LogP contribution >= 0.6 is 0 Å². The van der Waals surface area contributed by atoms with E-state index >= 15 is 0 Å². The number of hydrogen-bond acceptors (Lipinski definition) is 6. The molecule has 178 valence electrons. The largest absolute Gasteiger partial charge is 0.489 e. The van der Waals surface area contributed by atoms with Crippen molar-refractivity contribution in [1.29, 1.82) is 0 Å². The van der Waals surface area contributed by atoms with Crippen LogP contribution in [0.4, 0.5) is 19.0 Å². The summed E-state index contributed by atoms with van der Waals surface area (Å²) in [6, 6.07) is 7.38. The fraction of sp³-hybridized carbons (Fsp3) is 0.458. The van der Waals surface area contributed by atoms with Gasteiger partial charge in [-0.25, -0.2) is 13.8 Å². The molecule has 1 aromatic carbocycles. The average Bonchev–Trinajstić information content (AvgIpc) is 3.24. The van der Waals surface area contributed by atoms with Gasteiger partial charge in [0, 0.05) is 32.2 Å². The number of alkyl halides is 2. The number of halogens is 3. The van der Waals surface area contributed by atoms with E-state index in [4.69, 9.17) is 9.47 Å². The highest BCUT2D eigenvalue weighted by Gasteiger charge is 2.30. The summed E-state index contributed by atoms with van der Waals surface area (Å²) in [7, 11) is 0. The molecule has 0 N–H and O–H groups in total. The maximum Gasteiger partial charge on any atom is 0.278 e. The minimum atomic E-state index is -3.10. The summed E-state index contributed by atoms with van der Waals surface area (Å²) in [4.78, 5) is 21.5. The number of carbonyl (C=O) groups excluding carboxylic acids is 1. The Morgan fingerprint density at radius 3 is 2.73 bits per heavy atom. The van der Waals surface area contributed by atoms with Gasteiger partial charge in [-0.2, -0.15) is 9.37 Å². The normalized spacial score (nSPS) is 17.0. The topological polar surface area (TPSA) is 64.5 Å². The maximum absolute atomic E-state index is 14.7. The Labute approximate surface area is 191 Å². The van der Waals surface area contributed by atoms with Gasteiger partial charge in [-0.3, -0.25) is 4.79 Å². The van der Waals surface area contributed by atoms with Gasteiger partial charge in [-0.15, -0.1) is 6.58 Å². The summed E-state index contributed by atoms with van der Waals surface area (Å²) in [5, 5.41) is 0. The van der Waals surface area contributed by atoms with E-state index in [9.17, 15) is 18.0 Å². The molecule has 2 atom stereocenters. The third-order valence-electron chi connectivity index (χ3n) is 5.41. The highest BCUT2D eigenvalue weighted by molar-refractivity contribution is 5.85. The summed E-state index contributed by atoms with van der Waals surface area (Å²) in [5.41, 5.74) is 0.915. The van der Waals surface area contributed by atoms with E-state index in [-0.39, 0.29) is 23.6 Å². The van der Waals surface area contributed by atoms with Gasteiger partial charge in [0.25, 0.3) is 11.8 Å². The van der Waals surface area contributed by atoms with Crippen molar-refractivity contribution in [2.24, 2.45) is 0 Å². The number of carbonyl (C=O) groups is 1. The molecule has 2 heterocycles. The molecular formula is C24H28F3N3O3. The second-order valence-electron chi connectivity index (χ2n) is 8.23. The van der Waals surface area contributed by atoms with Crippen LogP contribution in [0.25, 0.3) is 0 Å². The van der Waals surface area contributed by atoms with Crippen molar-refractivity contribution in [1.82, 2.24) is 9.97 Å². The first-order chi connectivity index (χ1) is 15.7. The van der Waals surface area contributed by atoms with Crippen molar-refractivity contribution >= 4 is 11.6 Å². The van der Waals surface area contributed by atoms with Crippen LogP contribution < -0.4 is 14.4 Å². The van der Waals surface area contributed by atoms with Gasteiger partial charge in [-0.05, 0) is 24.1 Å². The number of allylic oxidation sites excluding steroid dienone is 1. The van der Waals surface area contributed by atoms with Gasteiger partial charge in [0.2, 0.25) is 5.82 Å². The van der Waals surface area contributed by atoms with Gasteiger partial charge in [-0.1, -0.05) is 25.1 Å². The number of nitrogens with zero attached hydrogens (tertiary/aromatic N) is 3. The lowest BCUT2D eigenvalue weighted by Gasteiger charge is -2.20. The molecule has 33 heavy (non-hydrogen) atoms. The second kappa shape index (κ2) is 10.7. The lowest BCUT2D eigenvalue weighted by atomic mass is 9.94. The average molecular weight is 464 g/mol. The van der Waals surface area contributed by atoms with Crippen LogP contribution in [0.15, 0.2) is 43.2 Å².